The van der Waals surface area contributed by atoms with Gasteiger partial charge in [-0.1, -0.05) is 40.7 Å². The number of rotatable bonds is 5. The van der Waals surface area contributed by atoms with E-state index in [9.17, 15) is 4.79 Å². The third-order valence-electron chi connectivity index (χ3n) is 4.46. The van der Waals surface area contributed by atoms with E-state index in [-0.39, 0.29) is 11.9 Å². The maximum Gasteiger partial charge on any atom is 0.343 e. The largest absolute Gasteiger partial charge is 0.393 e. The topological polar surface area (TPSA) is 35.5 Å². The van der Waals surface area contributed by atoms with Crippen molar-refractivity contribution in [3.63, 3.8) is 0 Å². The van der Waals surface area contributed by atoms with E-state index in [1.165, 1.54) is 5.57 Å². The van der Waals surface area contributed by atoms with Gasteiger partial charge < -0.3 is 8.85 Å². The standard InChI is InChI=1S/C17H32O3Si/c1-8-16-9-14(6)17(10-15(7)18)20-21(12(2)3,13(4)5)19-11-16/h9,12-13,16-17H,8,10-11H2,1-7H3/b14-9-/t16-,17+/m0/s1. The molecule has 1 aliphatic rings. The van der Waals surface area contributed by atoms with Gasteiger partial charge in [-0.25, -0.2) is 0 Å². The fourth-order valence-electron chi connectivity index (χ4n) is 3.09. The molecule has 0 aromatic heterocycles. The molecule has 0 radical (unpaired) electrons. The summed E-state index contributed by atoms with van der Waals surface area (Å²) in [4.78, 5) is 11.6. The SMILES string of the molecule is CC[C@H]1/C=C(/C)[C@@H](CC(C)=O)O[Si](C(C)C)(C(C)C)OC1. The summed E-state index contributed by atoms with van der Waals surface area (Å²) in [5, 5.41) is 0. The molecule has 0 N–H and O–H groups in total. The molecular weight excluding hydrogens is 280 g/mol. The van der Waals surface area contributed by atoms with Gasteiger partial charge in [0, 0.05) is 13.0 Å². The van der Waals surface area contributed by atoms with Crippen LogP contribution < -0.4 is 0 Å². The van der Waals surface area contributed by atoms with E-state index in [0.29, 0.717) is 23.4 Å². The molecule has 1 aliphatic heterocycles. The molecule has 4 heteroatoms. The summed E-state index contributed by atoms with van der Waals surface area (Å²) < 4.78 is 13.0. The monoisotopic (exact) mass is 312 g/mol. The molecule has 0 bridgehead atoms. The first kappa shape index (κ1) is 18.6. The van der Waals surface area contributed by atoms with Crippen LogP contribution in [0.15, 0.2) is 11.6 Å². The van der Waals surface area contributed by atoms with Gasteiger partial charge in [-0.15, -0.1) is 0 Å². The van der Waals surface area contributed by atoms with Crippen molar-refractivity contribution in [2.24, 2.45) is 5.92 Å². The van der Waals surface area contributed by atoms with E-state index < -0.39 is 8.56 Å². The molecule has 0 saturated heterocycles. The van der Waals surface area contributed by atoms with Crippen LogP contribution in [0.1, 0.15) is 61.3 Å². The molecular formula is C17H32O3Si. The quantitative estimate of drug-likeness (QED) is 0.549. The van der Waals surface area contributed by atoms with E-state index in [2.05, 4.69) is 47.6 Å². The summed E-state index contributed by atoms with van der Waals surface area (Å²) in [5.74, 6) is 0.601. The maximum absolute atomic E-state index is 11.6. The normalized spacial score (nSPS) is 28.9. The van der Waals surface area contributed by atoms with Crippen LogP contribution in [0.2, 0.25) is 11.1 Å². The molecule has 0 amide bonds. The number of hydrogen-bond acceptors (Lipinski definition) is 3. The number of carbonyl (C=O) groups is 1. The first-order chi connectivity index (χ1) is 9.72. The summed E-state index contributed by atoms with van der Waals surface area (Å²) >= 11 is 0. The Kier molecular flexibility index (Phi) is 6.82. The minimum atomic E-state index is -2.34. The van der Waals surface area contributed by atoms with Crippen LogP contribution in [0.4, 0.5) is 0 Å². The van der Waals surface area contributed by atoms with Crippen LogP contribution in [-0.2, 0) is 13.6 Å². The molecule has 1 rings (SSSR count). The highest BCUT2D eigenvalue weighted by Gasteiger charge is 2.48. The molecule has 2 atom stereocenters. The van der Waals surface area contributed by atoms with Crippen LogP contribution in [0.25, 0.3) is 0 Å². The fraction of sp³-hybridized carbons (Fsp3) is 0.824. The number of carbonyl (C=O) groups excluding carboxylic acids is 1. The summed E-state index contributed by atoms with van der Waals surface area (Å²) in [6.07, 6.45) is 3.64. The predicted octanol–water partition coefficient (Wildman–Crippen LogP) is 4.62. The number of ketones is 1. The highest BCUT2D eigenvalue weighted by atomic mass is 28.4. The van der Waals surface area contributed by atoms with Crippen molar-refractivity contribution < 1.29 is 13.6 Å². The second-order valence-electron chi connectivity index (χ2n) is 6.93. The van der Waals surface area contributed by atoms with Gasteiger partial charge in [-0.3, -0.25) is 4.79 Å². The summed E-state index contributed by atoms with van der Waals surface area (Å²) in [5.41, 5.74) is 1.93. The van der Waals surface area contributed by atoms with Gasteiger partial charge in [-0.05, 0) is 42.8 Å². The van der Waals surface area contributed by atoms with Crippen molar-refractivity contribution in [1.29, 1.82) is 0 Å². The Bertz CT molecular complexity index is 379. The molecule has 0 aliphatic carbocycles. The minimum Gasteiger partial charge on any atom is -0.393 e. The van der Waals surface area contributed by atoms with Crippen LogP contribution in [0, 0.1) is 5.92 Å². The Hall–Kier alpha value is -0.453. The highest BCUT2D eigenvalue weighted by molar-refractivity contribution is 6.70. The third-order valence-corrected chi connectivity index (χ3v) is 8.95. The number of hydrogen-bond donors (Lipinski definition) is 0. The van der Waals surface area contributed by atoms with Gasteiger partial charge in [0.15, 0.2) is 0 Å². The van der Waals surface area contributed by atoms with Crippen LogP contribution >= 0.6 is 0 Å². The first-order valence-corrected chi connectivity index (χ1v) is 10.2. The molecule has 0 saturated carbocycles. The Morgan fingerprint density at radius 2 is 1.90 bits per heavy atom. The molecule has 0 fully saturated rings. The average Bonchev–Trinajstić information content (AvgIpc) is 2.37. The van der Waals surface area contributed by atoms with Crippen molar-refractivity contribution in [2.75, 3.05) is 6.61 Å². The lowest BCUT2D eigenvalue weighted by atomic mass is 9.99. The second-order valence-corrected chi connectivity index (χ2v) is 11.2. The van der Waals surface area contributed by atoms with Gasteiger partial charge >= 0.3 is 8.56 Å². The number of Topliss-reactive ketones (excluding diaryl/α,β-unsaturated/α-hetero) is 1. The summed E-state index contributed by atoms with van der Waals surface area (Å²) in [7, 11) is -2.34. The minimum absolute atomic E-state index is 0.117. The van der Waals surface area contributed by atoms with Gasteiger partial charge in [0.05, 0.1) is 6.10 Å². The van der Waals surface area contributed by atoms with Gasteiger partial charge in [0.25, 0.3) is 0 Å². The zero-order chi connectivity index (χ0) is 16.2. The molecule has 0 aromatic carbocycles. The highest BCUT2D eigenvalue weighted by Crippen LogP contribution is 2.39. The van der Waals surface area contributed by atoms with E-state index in [1.807, 2.05) is 0 Å². The van der Waals surface area contributed by atoms with E-state index >= 15 is 0 Å². The third kappa shape index (κ3) is 4.51. The Morgan fingerprint density at radius 3 is 2.33 bits per heavy atom. The van der Waals surface area contributed by atoms with Crippen LogP contribution in [-0.4, -0.2) is 27.1 Å². The van der Waals surface area contributed by atoms with Crippen molar-refractivity contribution in [3.8, 4) is 0 Å². The Balaban J connectivity index is 3.19. The fourth-order valence-corrected chi connectivity index (χ4v) is 6.89. The average molecular weight is 313 g/mol. The van der Waals surface area contributed by atoms with Crippen molar-refractivity contribution >= 4 is 14.3 Å². The molecule has 1 heterocycles. The molecule has 0 unspecified atom stereocenters. The predicted molar refractivity (Wildman–Crippen MR) is 89.6 cm³/mol. The molecule has 0 spiro atoms. The van der Waals surface area contributed by atoms with Crippen molar-refractivity contribution in [2.45, 2.75) is 78.5 Å². The molecule has 21 heavy (non-hydrogen) atoms. The van der Waals surface area contributed by atoms with Crippen molar-refractivity contribution in [1.82, 2.24) is 0 Å². The second kappa shape index (κ2) is 7.70. The van der Waals surface area contributed by atoms with Gasteiger partial charge in [0.1, 0.15) is 5.78 Å². The van der Waals surface area contributed by atoms with Crippen molar-refractivity contribution in [3.05, 3.63) is 11.6 Å². The lowest BCUT2D eigenvalue weighted by molar-refractivity contribution is -0.118. The van der Waals surface area contributed by atoms with E-state index in [0.717, 1.165) is 13.0 Å². The Labute approximate surface area is 131 Å². The first-order valence-electron chi connectivity index (χ1n) is 8.22. The molecule has 122 valence electrons. The zero-order valence-corrected chi connectivity index (χ0v) is 15.7. The lowest BCUT2D eigenvalue weighted by Crippen LogP contribution is -2.52. The van der Waals surface area contributed by atoms with Gasteiger partial charge in [0.2, 0.25) is 0 Å². The maximum atomic E-state index is 11.6. The molecule has 0 aromatic rings. The lowest BCUT2D eigenvalue weighted by Gasteiger charge is -2.42. The van der Waals surface area contributed by atoms with Crippen LogP contribution in [0.5, 0.6) is 0 Å². The van der Waals surface area contributed by atoms with Crippen LogP contribution in [0.3, 0.4) is 0 Å². The smallest absolute Gasteiger partial charge is 0.343 e. The summed E-state index contributed by atoms with van der Waals surface area (Å²) in [6.45, 7) is 15.4. The van der Waals surface area contributed by atoms with E-state index in [1.54, 1.807) is 6.92 Å². The zero-order valence-electron chi connectivity index (χ0n) is 14.7. The van der Waals surface area contributed by atoms with Gasteiger partial charge in [-0.2, -0.15) is 0 Å². The Morgan fingerprint density at radius 1 is 1.33 bits per heavy atom. The van der Waals surface area contributed by atoms with E-state index in [4.69, 9.17) is 8.85 Å². The molecule has 3 nitrogen and oxygen atoms in total. The summed E-state index contributed by atoms with van der Waals surface area (Å²) in [6, 6.07) is 0.